The number of rotatable bonds is 3. The van der Waals surface area contributed by atoms with E-state index in [0.717, 1.165) is 57.2 Å². The molecule has 1 aliphatic carbocycles. The first kappa shape index (κ1) is 16.2. The zero-order valence-corrected chi connectivity index (χ0v) is 14.2. The maximum Gasteiger partial charge on any atom is 0.230 e. The second-order valence-corrected chi connectivity index (χ2v) is 6.99. The highest BCUT2D eigenvalue weighted by Crippen LogP contribution is 2.39. The number of carbonyl (C=O) groups is 1. The van der Waals surface area contributed by atoms with E-state index in [0.29, 0.717) is 11.7 Å². The average Bonchev–Trinajstić information content (AvgIpc) is 3.34. The number of halogens is 1. The van der Waals surface area contributed by atoms with Crippen LogP contribution in [0, 0.1) is 11.7 Å². The molecule has 0 N–H and O–H groups in total. The van der Waals surface area contributed by atoms with Crippen molar-refractivity contribution < 1.29 is 13.7 Å². The molecule has 1 saturated carbocycles. The lowest BCUT2D eigenvalue weighted by atomic mass is 9.78. The van der Waals surface area contributed by atoms with Gasteiger partial charge in [-0.05, 0) is 49.9 Å². The Kier molecular flexibility index (Phi) is 4.51. The molecule has 0 spiro atoms. The molecular weight excluding hydrogens is 321 g/mol. The monoisotopic (exact) mass is 343 g/mol. The zero-order chi connectivity index (χ0) is 17.2. The fourth-order valence-electron chi connectivity index (χ4n) is 4.00. The number of hydrogen-bond acceptors (Lipinski definition) is 4. The summed E-state index contributed by atoms with van der Waals surface area (Å²) in [5.41, 5.74) is 0.717. The van der Waals surface area contributed by atoms with Crippen LogP contribution in [0.4, 0.5) is 4.39 Å². The normalized spacial score (nSPS) is 23.8. The smallest absolute Gasteiger partial charge is 0.230 e. The molecule has 1 aromatic carbocycles. The maximum atomic E-state index is 13.1. The minimum absolute atomic E-state index is 0.0106. The van der Waals surface area contributed by atoms with Crippen LogP contribution in [0.1, 0.15) is 50.3 Å². The third-order valence-electron chi connectivity index (χ3n) is 5.36. The van der Waals surface area contributed by atoms with E-state index in [1.807, 2.05) is 4.90 Å². The molecule has 1 amide bonds. The van der Waals surface area contributed by atoms with Crippen LogP contribution >= 0.6 is 0 Å². The van der Waals surface area contributed by atoms with Crippen LogP contribution in [-0.2, 0) is 4.79 Å². The SMILES string of the molecule is O=C([C@@H]1CCCC[C@H]1c1nc(-c2ccc(F)cc2)no1)N1CCCC1. The van der Waals surface area contributed by atoms with Crippen LogP contribution in [0.25, 0.3) is 11.4 Å². The standard InChI is InChI=1S/C19H22FN3O2/c20-14-9-7-13(8-10-14)17-21-18(25-22-17)15-5-1-2-6-16(15)19(24)23-11-3-4-12-23/h7-10,15-16H,1-6,11-12H2/t15-,16-/m1/s1. The fourth-order valence-corrected chi connectivity index (χ4v) is 4.00. The maximum absolute atomic E-state index is 13.1. The molecule has 0 unspecified atom stereocenters. The van der Waals surface area contributed by atoms with Gasteiger partial charge in [0.2, 0.25) is 17.6 Å². The third-order valence-corrected chi connectivity index (χ3v) is 5.36. The summed E-state index contributed by atoms with van der Waals surface area (Å²) in [5, 5.41) is 4.05. The summed E-state index contributed by atoms with van der Waals surface area (Å²) >= 11 is 0. The molecule has 2 atom stereocenters. The van der Waals surface area contributed by atoms with Gasteiger partial charge in [0, 0.05) is 24.6 Å². The average molecular weight is 343 g/mol. The zero-order valence-electron chi connectivity index (χ0n) is 14.2. The van der Waals surface area contributed by atoms with Gasteiger partial charge in [0.15, 0.2) is 0 Å². The highest BCUT2D eigenvalue weighted by atomic mass is 19.1. The molecule has 4 rings (SSSR count). The predicted molar refractivity (Wildman–Crippen MR) is 90.2 cm³/mol. The fraction of sp³-hybridized carbons (Fsp3) is 0.526. The van der Waals surface area contributed by atoms with Gasteiger partial charge in [-0.15, -0.1) is 0 Å². The minimum Gasteiger partial charge on any atom is -0.342 e. The van der Waals surface area contributed by atoms with Crippen LogP contribution in [0.15, 0.2) is 28.8 Å². The van der Waals surface area contributed by atoms with Crippen molar-refractivity contribution in [1.29, 1.82) is 0 Å². The summed E-state index contributed by atoms with van der Waals surface area (Å²) in [6.07, 6.45) is 6.11. The summed E-state index contributed by atoms with van der Waals surface area (Å²) in [7, 11) is 0. The Hall–Kier alpha value is -2.24. The van der Waals surface area contributed by atoms with Gasteiger partial charge < -0.3 is 9.42 Å². The molecular formula is C19H22FN3O2. The van der Waals surface area contributed by atoms with Gasteiger partial charge in [0.1, 0.15) is 5.82 Å². The second kappa shape index (κ2) is 6.94. The summed E-state index contributed by atoms with van der Waals surface area (Å²) in [6.45, 7) is 1.74. The molecule has 0 bridgehead atoms. The van der Waals surface area contributed by atoms with Gasteiger partial charge >= 0.3 is 0 Å². The van der Waals surface area contributed by atoms with Gasteiger partial charge in [-0.1, -0.05) is 18.0 Å². The van der Waals surface area contributed by atoms with E-state index >= 15 is 0 Å². The molecule has 2 fully saturated rings. The molecule has 132 valence electrons. The quantitative estimate of drug-likeness (QED) is 0.851. The first-order valence-corrected chi connectivity index (χ1v) is 9.11. The molecule has 1 aromatic heterocycles. The van der Waals surface area contributed by atoms with Crippen LogP contribution in [0.2, 0.25) is 0 Å². The van der Waals surface area contributed by atoms with Gasteiger partial charge in [0.05, 0.1) is 5.92 Å². The van der Waals surface area contributed by atoms with E-state index < -0.39 is 0 Å². The second-order valence-electron chi connectivity index (χ2n) is 6.99. The van der Waals surface area contributed by atoms with Crippen molar-refractivity contribution in [3.8, 4) is 11.4 Å². The number of aromatic nitrogens is 2. The van der Waals surface area contributed by atoms with Crippen molar-refractivity contribution in [2.75, 3.05) is 13.1 Å². The van der Waals surface area contributed by atoms with Crippen LogP contribution in [-0.4, -0.2) is 34.0 Å². The van der Waals surface area contributed by atoms with Crippen LogP contribution < -0.4 is 0 Å². The van der Waals surface area contributed by atoms with Crippen molar-refractivity contribution in [2.24, 2.45) is 5.92 Å². The Morgan fingerprint density at radius 2 is 1.80 bits per heavy atom. The summed E-state index contributed by atoms with van der Waals surface area (Å²) < 4.78 is 18.6. The number of likely N-dealkylation sites (tertiary alicyclic amines) is 1. The van der Waals surface area contributed by atoms with Crippen LogP contribution in [0.5, 0.6) is 0 Å². The number of amides is 1. The van der Waals surface area contributed by atoms with E-state index in [2.05, 4.69) is 10.1 Å². The Labute approximate surface area is 146 Å². The summed E-state index contributed by atoms with van der Waals surface area (Å²) in [6, 6.07) is 6.03. The van der Waals surface area contributed by atoms with E-state index in [4.69, 9.17) is 4.52 Å². The lowest BCUT2D eigenvalue weighted by Gasteiger charge is -2.31. The summed E-state index contributed by atoms with van der Waals surface area (Å²) in [5.74, 6) is 0.862. The molecule has 2 heterocycles. The van der Waals surface area contributed by atoms with E-state index in [1.54, 1.807) is 12.1 Å². The van der Waals surface area contributed by atoms with Crippen molar-refractivity contribution in [3.63, 3.8) is 0 Å². The third kappa shape index (κ3) is 3.30. The summed E-state index contributed by atoms with van der Waals surface area (Å²) in [4.78, 5) is 19.4. The lowest BCUT2D eigenvalue weighted by molar-refractivity contribution is -0.136. The Morgan fingerprint density at radius 3 is 2.56 bits per heavy atom. The first-order chi connectivity index (χ1) is 12.2. The molecule has 2 aromatic rings. The van der Waals surface area contributed by atoms with Gasteiger partial charge in [0.25, 0.3) is 0 Å². The molecule has 1 saturated heterocycles. The van der Waals surface area contributed by atoms with E-state index in [-0.39, 0.29) is 23.6 Å². The minimum atomic E-state index is -0.295. The topological polar surface area (TPSA) is 59.2 Å². The largest absolute Gasteiger partial charge is 0.342 e. The molecule has 5 nitrogen and oxygen atoms in total. The molecule has 6 heteroatoms. The van der Waals surface area contributed by atoms with Gasteiger partial charge in [-0.25, -0.2) is 4.39 Å². The molecule has 0 radical (unpaired) electrons. The molecule has 2 aliphatic rings. The number of nitrogens with zero attached hydrogens (tertiary/aromatic N) is 3. The Morgan fingerprint density at radius 1 is 1.08 bits per heavy atom. The number of hydrogen-bond donors (Lipinski definition) is 0. The molecule has 25 heavy (non-hydrogen) atoms. The number of benzene rings is 1. The van der Waals surface area contributed by atoms with Crippen molar-refractivity contribution in [2.45, 2.75) is 44.4 Å². The van der Waals surface area contributed by atoms with E-state index in [1.165, 1.54) is 12.1 Å². The van der Waals surface area contributed by atoms with Crippen molar-refractivity contribution in [3.05, 3.63) is 36.0 Å². The Balaban J connectivity index is 1.56. The van der Waals surface area contributed by atoms with E-state index in [9.17, 15) is 9.18 Å². The predicted octanol–water partition coefficient (Wildman–Crippen LogP) is 3.77. The van der Waals surface area contributed by atoms with Crippen molar-refractivity contribution >= 4 is 5.91 Å². The highest BCUT2D eigenvalue weighted by Gasteiger charge is 2.38. The highest BCUT2D eigenvalue weighted by molar-refractivity contribution is 5.80. The van der Waals surface area contributed by atoms with Crippen molar-refractivity contribution in [1.82, 2.24) is 15.0 Å². The lowest BCUT2D eigenvalue weighted by Crippen LogP contribution is -2.38. The first-order valence-electron chi connectivity index (χ1n) is 9.11. The van der Waals surface area contributed by atoms with Gasteiger partial charge in [-0.2, -0.15) is 4.98 Å². The van der Waals surface area contributed by atoms with Crippen LogP contribution in [0.3, 0.4) is 0 Å². The Bertz CT molecular complexity index is 737. The molecule has 1 aliphatic heterocycles. The van der Waals surface area contributed by atoms with Gasteiger partial charge in [-0.3, -0.25) is 4.79 Å². The number of carbonyl (C=O) groups excluding carboxylic acids is 1.